The lowest BCUT2D eigenvalue weighted by molar-refractivity contribution is -0.117. The largest absolute Gasteiger partial charge is 0.390 e. The van der Waals surface area contributed by atoms with Crippen LogP contribution < -0.4 is 15.1 Å². The molecule has 3 aromatic rings. The van der Waals surface area contributed by atoms with Crippen molar-refractivity contribution in [1.29, 1.82) is 5.26 Å². The minimum absolute atomic E-state index is 0.0629. The number of nitriles is 1. The highest BCUT2D eigenvalue weighted by molar-refractivity contribution is 6.03. The van der Waals surface area contributed by atoms with Gasteiger partial charge in [-0.05, 0) is 39.7 Å². The van der Waals surface area contributed by atoms with Gasteiger partial charge in [-0.1, -0.05) is 0 Å². The summed E-state index contributed by atoms with van der Waals surface area (Å²) in [7, 11) is 0. The van der Waals surface area contributed by atoms with E-state index in [1.807, 2.05) is 31.5 Å². The first-order valence-electron chi connectivity index (χ1n) is 11.9. The summed E-state index contributed by atoms with van der Waals surface area (Å²) in [6, 6.07) is 5.93. The standard InChI is InChI=1S/C24H29N9O2/c1-15(2)33-18-11-20(27-13-17(18)22(30-33)32-14-16(12-25)10-21(32)34)28-19-4-7-26-23(29-19)31-8-5-24(3,35)6-9-31/h4,7,11,13,15-16,35H,5-6,8-10,14H2,1-3H3,(H,26,27,28,29). The molecule has 35 heavy (non-hydrogen) atoms. The zero-order chi connectivity index (χ0) is 24.7. The molecule has 1 unspecified atom stereocenters. The molecule has 2 aliphatic heterocycles. The number of piperidine rings is 1. The van der Waals surface area contributed by atoms with Gasteiger partial charge in [0.1, 0.15) is 11.6 Å². The third-order valence-electron chi connectivity index (χ3n) is 6.65. The van der Waals surface area contributed by atoms with Crippen LogP contribution in [0, 0.1) is 17.2 Å². The quantitative estimate of drug-likeness (QED) is 0.571. The van der Waals surface area contributed by atoms with E-state index in [0.717, 1.165) is 10.9 Å². The molecule has 3 aromatic heterocycles. The van der Waals surface area contributed by atoms with Crippen LogP contribution in [0.2, 0.25) is 0 Å². The second-order valence-electron chi connectivity index (χ2n) is 9.83. The maximum Gasteiger partial charge on any atom is 0.229 e. The molecule has 182 valence electrons. The molecule has 2 N–H and O–H groups in total. The van der Waals surface area contributed by atoms with E-state index in [1.165, 1.54) is 0 Å². The Hall–Kier alpha value is -3.78. The van der Waals surface area contributed by atoms with Gasteiger partial charge < -0.3 is 15.3 Å². The van der Waals surface area contributed by atoms with E-state index >= 15 is 0 Å². The van der Waals surface area contributed by atoms with E-state index in [2.05, 4.69) is 31.2 Å². The number of carbonyl (C=O) groups excluding carboxylic acids is 1. The molecule has 0 aliphatic carbocycles. The van der Waals surface area contributed by atoms with Crippen molar-refractivity contribution in [2.75, 3.05) is 34.8 Å². The summed E-state index contributed by atoms with van der Waals surface area (Å²) in [5.41, 5.74) is 0.201. The topological polar surface area (TPSA) is 136 Å². The van der Waals surface area contributed by atoms with Crippen molar-refractivity contribution < 1.29 is 9.90 Å². The molecule has 2 aliphatic rings. The van der Waals surface area contributed by atoms with E-state index in [9.17, 15) is 15.2 Å². The predicted molar refractivity (Wildman–Crippen MR) is 131 cm³/mol. The van der Waals surface area contributed by atoms with E-state index in [0.29, 0.717) is 55.9 Å². The number of rotatable bonds is 5. The summed E-state index contributed by atoms with van der Waals surface area (Å²) >= 11 is 0. The summed E-state index contributed by atoms with van der Waals surface area (Å²) in [5, 5.41) is 28.2. The molecule has 0 bridgehead atoms. The fourth-order valence-corrected chi connectivity index (χ4v) is 4.57. The van der Waals surface area contributed by atoms with Gasteiger partial charge in [-0.25, -0.2) is 9.97 Å². The van der Waals surface area contributed by atoms with Gasteiger partial charge in [0, 0.05) is 50.6 Å². The molecule has 0 aromatic carbocycles. The Balaban J connectivity index is 1.42. The summed E-state index contributed by atoms with van der Waals surface area (Å²) in [5.74, 6) is 1.94. The summed E-state index contributed by atoms with van der Waals surface area (Å²) < 4.78 is 1.87. The zero-order valence-corrected chi connectivity index (χ0v) is 20.1. The smallest absolute Gasteiger partial charge is 0.229 e. The van der Waals surface area contributed by atoms with Gasteiger partial charge in [-0.3, -0.25) is 14.4 Å². The number of hydrogen-bond donors (Lipinski definition) is 2. The molecule has 0 saturated carbocycles. The number of pyridine rings is 1. The molecule has 2 saturated heterocycles. The summed E-state index contributed by atoms with van der Waals surface area (Å²) in [4.78, 5) is 29.8. The lowest BCUT2D eigenvalue weighted by Gasteiger charge is -2.35. The Kier molecular flexibility index (Phi) is 5.76. The number of hydrogen-bond acceptors (Lipinski definition) is 9. The van der Waals surface area contributed by atoms with E-state index in [4.69, 9.17) is 5.10 Å². The molecule has 1 amide bonds. The molecule has 0 radical (unpaired) electrons. The number of anilines is 4. The highest BCUT2D eigenvalue weighted by Crippen LogP contribution is 2.33. The molecular weight excluding hydrogens is 446 g/mol. The molecule has 5 heterocycles. The number of nitrogens with zero attached hydrogens (tertiary/aromatic N) is 8. The number of nitrogens with one attached hydrogen (secondary N) is 1. The average Bonchev–Trinajstić information content (AvgIpc) is 3.39. The lowest BCUT2D eigenvalue weighted by atomic mass is 9.94. The minimum Gasteiger partial charge on any atom is -0.390 e. The van der Waals surface area contributed by atoms with Gasteiger partial charge in [-0.2, -0.15) is 15.3 Å². The van der Waals surface area contributed by atoms with Gasteiger partial charge in [0.05, 0.1) is 28.5 Å². The molecule has 11 heteroatoms. The number of aliphatic hydroxyl groups is 1. The second-order valence-corrected chi connectivity index (χ2v) is 9.83. The summed E-state index contributed by atoms with van der Waals surface area (Å²) in [6.45, 7) is 7.65. The Bertz CT molecular complexity index is 1300. The third kappa shape index (κ3) is 4.49. The number of fused-ring (bicyclic) bond motifs is 1. The molecular formula is C24H29N9O2. The Morgan fingerprint density at radius 1 is 1.26 bits per heavy atom. The first-order chi connectivity index (χ1) is 16.7. The lowest BCUT2D eigenvalue weighted by Crippen LogP contribution is -2.43. The van der Waals surface area contributed by atoms with Crippen LogP contribution in [0.4, 0.5) is 23.4 Å². The van der Waals surface area contributed by atoms with Crippen molar-refractivity contribution in [3.05, 3.63) is 24.5 Å². The van der Waals surface area contributed by atoms with Crippen LogP contribution in [-0.2, 0) is 4.79 Å². The zero-order valence-electron chi connectivity index (χ0n) is 20.1. The number of aromatic nitrogens is 5. The van der Waals surface area contributed by atoms with Crippen molar-refractivity contribution in [2.24, 2.45) is 5.92 Å². The van der Waals surface area contributed by atoms with Crippen LogP contribution in [0.1, 0.15) is 46.1 Å². The monoisotopic (exact) mass is 475 g/mol. The number of carbonyl (C=O) groups is 1. The fraction of sp³-hybridized carbons (Fsp3) is 0.500. The van der Waals surface area contributed by atoms with E-state index < -0.39 is 5.60 Å². The first-order valence-corrected chi connectivity index (χ1v) is 11.9. The van der Waals surface area contributed by atoms with Gasteiger partial charge in [0.2, 0.25) is 11.9 Å². The van der Waals surface area contributed by atoms with Crippen LogP contribution in [0.3, 0.4) is 0 Å². The second kappa shape index (κ2) is 8.78. The van der Waals surface area contributed by atoms with Crippen molar-refractivity contribution in [1.82, 2.24) is 24.7 Å². The summed E-state index contributed by atoms with van der Waals surface area (Å²) in [6.07, 6.45) is 4.96. The van der Waals surface area contributed by atoms with Crippen LogP contribution >= 0.6 is 0 Å². The maximum atomic E-state index is 12.5. The Morgan fingerprint density at radius 2 is 2.03 bits per heavy atom. The maximum absolute atomic E-state index is 12.5. The van der Waals surface area contributed by atoms with E-state index in [1.54, 1.807) is 23.4 Å². The number of amides is 1. The van der Waals surface area contributed by atoms with Crippen LogP contribution in [-0.4, -0.2) is 61.0 Å². The van der Waals surface area contributed by atoms with Gasteiger partial charge >= 0.3 is 0 Å². The molecule has 2 fully saturated rings. The highest BCUT2D eigenvalue weighted by atomic mass is 16.3. The fourth-order valence-electron chi connectivity index (χ4n) is 4.57. The Labute approximate surface area is 203 Å². The molecule has 1 atom stereocenters. The average molecular weight is 476 g/mol. The molecule has 5 rings (SSSR count). The Morgan fingerprint density at radius 3 is 2.71 bits per heavy atom. The van der Waals surface area contributed by atoms with E-state index in [-0.39, 0.29) is 24.3 Å². The minimum atomic E-state index is -0.640. The SMILES string of the molecule is CC(C)n1nc(N2CC(C#N)CC2=O)c2cnc(Nc3ccnc(N4CCC(C)(O)CC4)n3)cc21. The molecule has 11 nitrogen and oxygen atoms in total. The van der Waals surface area contributed by atoms with Crippen LogP contribution in [0.25, 0.3) is 10.9 Å². The predicted octanol–water partition coefficient (Wildman–Crippen LogP) is 2.77. The van der Waals surface area contributed by atoms with Crippen molar-refractivity contribution >= 4 is 40.2 Å². The first kappa shape index (κ1) is 23.0. The van der Waals surface area contributed by atoms with Gasteiger partial charge in [0.15, 0.2) is 5.82 Å². The van der Waals surface area contributed by atoms with Crippen LogP contribution in [0.5, 0.6) is 0 Å². The van der Waals surface area contributed by atoms with Crippen LogP contribution in [0.15, 0.2) is 24.5 Å². The van der Waals surface area contributed by atoms with Crippen molar-refractivity contribution in [3.63, 3.8) is 0 Å². The molecule has 0 spiro atoms. The van der Waals surface area contributed by atoms with Gasteiger partial charge in [0.25, 0.3) is 0 Å². The third-order valence-corrected chi connectivity index (χ3v) is 6.65. The van der Waals surface area contributed by atoms with Crippen molar-refractivity contribution in [2.45, 2.75) is 51.7 Å². The normalized spacial score (nSPS) is 20.0. The van der Waals surface area contributed by atoms with Gasteiger partial charge in [-0.15, -0.1) is 0 Å². The highest BCUT2D eigenvalue weighted by Gasteiger charge is 2.34. The van der Waals surface area contributed by atoms with Crippen molar-refractivity contribution in [3.8, 4) is 6.07 Å².